The highest BCUT2D eigenvalue weighted by molar-refractivity contribution is 5.71. The second kappa shape index (κ2) is 15.0. The summed E-state index contributed by atoms with van der Waals surface area (Å²) in [6.07, 6.45) is -0.211. The van der Waals surface area contributed by atoms with Gasteiger partial charge in [0.2, 0.25) is 0 Å². The molecule has 12 nitrogen and oxygen atoms in total. The van der Waals surface area contributed by atoms with Crippen LogP contribution in [0.3, 0.4) is 0 Å². The summed E-state index contributed by atoms with van der Waals surface area (Å²) in [6.45, 7) is 5.83. The molecule has 0 saturated heterocycles. The van der Waals surface area contributed by atoms with Crippen LogP contribution in [0.2, 0.25) is 0 Å². The van der Waals surface area contributed by atoms with Gasteiger partial charge in [-0.05, 0) is 57.7 Å². The van der Waals surface area contributed by atoms with E-state index in [1.54, 1.807) is 20.8 Å². The molecular weight excluding hydrogens is 496 g/mol. The number of nitrogens with zero attached hydrogens (tertiary/aromatic N) is 1. The summed E-state index contributed by atoms with van der Waals surface area (Å²) >= 11 is 0. The summed E-state index contributed by atoms with van der Waals surface area (Å²) in [5, 5.41) is 18.7. The SMILES string of the molecule is CC(C)(C)OC(=O)N[C@@H](CCCCNC(=O)OCc1ccccc1)CNC(=O)Oc1ccc([N+](=O)[O-])cc1. The lowest BCUT2D eigenvalue weighted by atomic mass is 10.1. The zero-order valence-electron chi connectivity index (χ0n) is 21.7. The topological polar surface area (TPSA) is 158 Å². The number of hydrogen-bond donors (Lipinski definition) is 3. The summed E-state index contributed by atoms with van der Waals surface area (Å²) in [5.41, 5.74) is 0.0673. The summed E-state index contributed by atoms with van der Waals surface area (Å²) < 4.78 is 15.6. The predicted molar refractivity (Wildman–Crippen MR) is 139 cm³/mol. The Bertz CT molecular complexity index is 1060. The van der Waals surface area contributed by atoms with Crippen LogP contribution in [0.25, 0.3) is 0 Å². The molecule has 0 spiro atoms. The van der Waals surface area contributed by atoms with E-state index >= 15 is 0 Å². The van der Waals surface area contributed by atoms with E-state index in [1.165, 1.54) is 24.3 Å². The van der Waals surface area contributed by atoms with Crippen molar-refractivity contribution in [2.45, 2.75) is 58.3 Å². The van der Waals surface area contributed by atoms with Crippen molar-refractivity contribution in [2.75, 3.05) is 13.1 Å². The van der Waals surface area contributed by atoms with Gasteiger partial charge >= 0.3 is 18.3 Å². The highest BCUT2D eigenvalue weighted by Crippen LogP contribution is 2.17. The number of non-ortho nitro benzene ring substituents is 1. The molecular formula is C26H34N4O8. The van der Waals surface area contributed by atoms with Crippen LogP contribution >= 0.6 is 0 Å². The third-order valence-corrected chi connectivity index (χ3v) is 4.93. The van der Waals surface area contributed by atoms with Crippen LogP contribution in [-0.2, 0) is 16.1 Å². The minimum absolute atomic E-state index is 0.0532. The molecule has 3 N–H and O–H groups in total. The Morgan fingerprint density at radius 1 is 0.921 bits per heavy atom. The van der Waals surface area contributed by atoms with Gasteiger partial charge in [-0.2, -0.15) is 0 Å². The molecule has 2 aromatic carbocycles. The number of nitro benzene ring substituents is 1. The maximum atomic E-state index is 12.3. The predicted octanol–water partition coefficient (Wildman–Crippen LogP) is 4.67. The molecule has 0 aliphatic rings. The first kappa shape index (κ1) is 29.9. The molecule has 0 heterocycles. The number of benzene rings is 2. The molecule has 0 aliphatic heterocycles. The molecule has 38 heavy (non-hydrogen) atoms. The van der Waals surface area contributed by atoms with Crippen LogP contribution in [0.5, 0.6) is 5.75 Å². The molecule has 0 aliphatic carbocycles. The summed E-state index contributed by atoms with van der Waals surface area (Å²) in [5.74, 6) is 0.134. The van der Waals surface area contributed by atoms with E-state index in [2.05, 4.69) is 16.0 Å². The molecule has 0 radical (unpaired) electrons. The van der Waals surface area contributed by atoms with Gasteiger partial charge in [-0.25, -0.2) is 14.4 Å². The third-order valence-electron chi connectivity index (χ3n) is 4.93. The van der Waals surface area contributed by atoms with Crippen molar-refractivity contribution in [1.29, 1.82) is 0 Å². The van der Waals surface area contributed by atoms with E-state index in [4.69, 9.17) is 14.2 Å². The highest BCUT2D eigenvalue weighted by atomic mass is 16.6. The summed E-state index contributed by atoms with van der Waals surface area (Å²) in [6, 6.07) is 13.9. The van der Waals surface area contributed by atoms with E-state index in [9.17, 15) is 24.5 Å². The Hall–Kier alpha value is -4.35. The Labute approximate surface area is 221 Å². The van der Waals surface area contributed by atoms with Gasteiger partial charge in [-0.1, -0.05) is 30.3 Å². The number of ether oxygens (including phenoxy) is 3. The zero-order chi connectivity index (χ0) is 28.0. The van der Waals surface area contributed by atoms with Crippen molar-refractivity contribution in [3.05, 3.63) is 70.3 Å². The second-order valence-electron chi connectivity index (χ2n) is 9.35. The standard InChI is InChI=1S/C26H34N4O8/c1-26(2,3)38-25(33)29-20(17-28-24(32)37-22-14-12-21(13-15-22)30(34)35)11-7-8-16-27-23(31)36-18-19-9-5-4-6-10-19/h4-6,9-10,12-15,20H,7-8,11,16-18H2,1-3H3,(H,27,31)(H,28,32)(H,29,33)/t20-/m0/s1. The van der Waals surface area contributed by atoms with Gasteiger partial charge in [0.25, 0.3) is 5.69 Å². The fraction of sp³-hybridized carbons (Fsp3) is 0.423. The largest absolute Gasteiger partial charge is 0.445 e. The monoisotopic (exact) mass is 530 g/mol. The molecule has 2 aromatic rings. The Morgan fingerprint density at radius 3 is 2.24 bits per heavy atom. The van der Waals surface area contributed by atoms with E-state index in [0.29, 0.717) is 25.8 Å². The molecule has 0 unspecified atom stereocenters. The van der Waals surface area contributed by atoms with Crippen LogP contribution in [0, 0.1) is 10.1 Å². The first-order valence-electron chi connectivity index (χ1n) is 12.2. The van der Waals surface area contributed by atoms with Crippen molar-refractivity contribution in [3.8, 4) is 5.75 Å². The average molecular weight is 531 g/mol. The third kappa shape index (κ3) is 12.6. The summed E-state index contributed by atoms with van der Waals surface area (Å²) in [4.78, 5) is 46.5. The number of alkyl carbamates (subject to hydrolysis) is 2. The quantitative estimate of drug-likeness (QED) is 0.203. The Kier molecular flexibility index (Phi) is 11.8. The average Bonchev–Trinajstić information content (AvgIpc) is 2.85. The first-order chi connectivity index (χ1) is 18.0. The van der Waals surface area contributed by atoms with E-state index in [1.807, 2.05) is 30.3 Å². The highest BCUT2D eigenvalue weighted by Gasteiger charge is 2.20. The number of nitrogens with one attached hydrogen (secondary N) is 3. The molecule has 3 amide bonds. The van der Waals surface area contributed by atoms with Crippen LogP contribution in [-0.4, -0.2) is 47.9 Å². The first-order valence-corrected chi connectivity index (χ1v) is 12.2. The van der Waals surface area contributed by atoms with Gasteiger partial charge in [-0.3, -0.25) is 10.1 Å². The number of unbranched alkanes of at least 4 members (excludes halogenated alkanes) is 1. The minimum Gasteiger partial charge on any atom is -0.445 e. The van der Waals surface area contributed by atoms with Gasteiger partial charge in [0, 0.05) is 31.3 Å². The van der Waals surface area contributed by atoms with Gasteiger partial charge in [0.15, 0.2) is 0 Å². The minimum atomic E-state index is -0.780. The van der Waals surface area contributed by atoms with Gasteiger partial charge in [0.05, 0.1) is 4.92 Å². The Morgan fingerprint density at radius 2 is 1.61 bits per heavy atom. The van der Waals surface area contributed by atoms with Crippen molar-refractivity contribution in [2.24, 2.45) is 0 Å². The van der Waals surface area contributed by atoms with E-state index in [0.717, 1.165) is 5.56 Å². The van der Waals surface area contributed by atoms with Gasteiger partial charge in [-0.15, -0.1) is 0 Å². The van der Waals surface area contributed by atoms with Crippen molar-refractivity contribution >= 4 is 24.0 Å². The van der Waals surface area contributed by atoms with Gasteiger partial charge < -0.3 is 30.2 Å². The lowest BCUT2D eigenvalue weighted by molar-refractivity contribution is -0.384. The molecule has 0 fully saturated rings. The molecule has 0 aromatic heterocycles. The Balaban J connectivity index is 1.77. The van der Waals surface area contributed by atoms with Crippen LogP contribution in [0.1, 0.15) is 45.6 Å². The maximum absolute atomic E-state index is 12.3. The van der Waals surface area contributed by atoms with Gasteiger partial charge in [0.1, 0.15) is 18.0 Å². The molecule has 0 bridgehead atoms. The normalized spacial score (nSPS) is 11.6. The maximum Gasteiger partial charge on any atom is 0.412 e. The number of amides is 3. The molecule has 12 heteroatoms. The lowest BCUT2D eigenvalue weighted by Gasteiger charge is -2.24. The van der Waals surface area contributed by atoms with Crippen molar-refractivity contribution in [1.82, 2.24) is 16.0 Å². The fourth-order valence-corrected chi connectivity index (χ4v) is 3.17. The van der Waals surface area contributed by atoms with Crippen molar-refractivity contribution in [3.63, 3.8) is 0 Å². The number of carbonyl (C=O) groups excluding carboxylic acids is 3. The second-order valence-corrected chi connectivity index (χ2v) is 9.35. The number of hydrogen-bond acceptors (Lipinski definition) is 8. The van der Waals surface area contributed by atoms with E-state index < -0.39 is 34.8 Å². The molecule has 206 valence electrons. The smallest absolute Gasteiger partial charge is 0.412 e. The van der Waals surface area contributed by atoms with Crippen LogP contribution in [0.4, 0.5) is 20.1 Å². The summed E-state index contributed by atoms with van der Waals surface area (Å²) in [7, 11) is 0. The molecule has 1 atom stereocenters. The molecule has 2 rings (SSSR count). The van der Waals surface area contributed by atoms with Crippen LogP contribution in [0.15, 0.2) is 54.6 Å². The number of nitro groups is 1. The molecule has 0 saturated carbocycles. The number of carbonyl (C=O) groups is 3. The fourth-order valence-electron chi connectivity index (χ4n) is 3.17. The van der Waals surface area contributed by atoms with Crippen LogP contribution < -0.4 is 20.7 Å². The lowest BCUT2D eigenvalue weighted by Crippen LogP contribution is -2.46. The number of rotatable bonds is 12. The van der Waals surface area contributed by atoms with Crippen molar-refractivity contribution < 1.29 is 33.5 Å². The van der Waals surface area contributed by atoms with E-state index in [-0.39, 0.29) is 24.6 Å². The zero-order valence-corrected chi connectivity index (χ0v) is 21.7.